The first-order chi connectivity index (χ1) is 11.7. The molecule has 1 amide bonds. The minimum atomic E-state index is -0.452. The Morgan fingerprint density at radius 2 is 2.04 bits per heavy atom. The Morgan fingerprint density at radius 1 is 1.29 bits per heavy atom. The summed E-state index contributed by atoms with van der Waals surface area (Å²) in [5.74, 6) is 0.0337. The van der Waals surface area contributed by atoms with Crippen molar-refractivity contribution >= 4 is 11.5 Å². The van der Waals surface area contributed by atoms with Crippen LogP contribution >= 0.6 is 0 Å². The molecule has 0 bridgehead atoms. The lowest BCUT2D eigenvalue weighted by atomic mass is 9.75. The summed E-state index contributed by atoms with van der Waals surface area (Å²) in [5.41, 5.74) is 3.69. The van der Waals surface area contributed by atoms with Gasteiger partial charge in [0.05, 0.1) is 18.7 Å². The van der Waals surface area contributed by atoms with Gasteiger partial charge in [0.15, 0.2) is 0 Å². The normalized spacial score (nSPS) is 28.9. The Hall–Kier alpha value is -2.12. The lowest BCUT2D eigenvalue weighted by Gasteiger charge is -2.51. The molecular formula is C20H22N2O2. The molecule has 4 rings (SSSR count). The molecule has 2 fully saturated rings. The third kappa shape index (κ3) is 2.44. The van der Waals surface area contributed by atoms with Crippen molar-refractivity contribution in [2.45, 2.75) is 50.1 Å². The first-order valence-electron chi connectivity index (χ1n) is 8.86. The lowest BCUT2D eigenvalue weighted by molar-refractivity contribution is -0.148. The summed E-state index contributed by atoms with van der Waals surface area (Å²) >= 11 is 0. The fourth-order valence-corrected chi connectivity index (χ4v) is 4.10. The Balaban J connectivity index is 1.56. The fourth-order valence-electron chi connectivity index (χ4n) is 4.10. The quantitative estimate of drug-likeness (QED) is 0.927. The molecule has 3 aliphatic rings. The second-order valence-corrected chi connectivity index (χ2v) is 7.11. The molecule has 0 radical (unpaired) electrons. The number of benzene rings is 1. The zero-order valence-corrected chi connectivity index (χ0v) is 13.7. The topological polar surface area (TPSA) is 64.3 Å². The second kappa shape index (κ2) is 6.07. The highest BCUT2D eigenvalue weighted by Crippen LogP contribution is 2.44. The van der Waals surface area contributed by atoms with Crippen LogP contribution in [-0.4, -0.2) is 34.6 Å². The van der Waals surface area contributed by atoms with Gasteiger partial charge < -0.3 is 10.0 Å². The maximum atomic E-state index is 12.4. The van der Waals surface area contributed by atoms with E-state index in [-0.39, 0.29) is 30.4 Å². The summed E-state index contributed by atoms with van der Waals surface area (Å²) in [6, 6.07) is 9.91. The predicted molar refractivity (Wildman–Crippen MR) is 90.9 cm³/mol. The number of carbonyl (C=O) groups is 1. The van der Waals surface area contributed by atoms with Gasteiger partial charge in [-0.25, -0.2) is 0 Å². The number of allylic oxidation sites excluding steroid dienone is 2. The molecule has 0 spiro atoms. The molecule has 0 aromatic heterocycles. The molecule has 1 saturated carbocycles. The molecule has 1 N–H and O–H groups in total. The van der Waals surface area contributed by atoms with Crippen LogP contribution in [0.3, 0.4) is 0 Å². The number of aliphatic hydroxyl groups excluding tert-OH is 1. The van der Waals surface area contributed by atoms with Crippen molar-refractivity contribution in [3.8, 4) is 6.07 Å². The van der Waals surface area contributed by atoms with Crippen molar-refractivity contribution in [2.24, 2.45) is 5.92 Å². The number of rotatable bonds is 4. The van der Waals surface area contributed by atoms with Gasteiger partial charge in [-0.1, -0.05) is 30.3 Å². The SMILES string of the molecule is N#C[C@@H]1[C@H](c2ccc(C3=CCCC3)cc2)[C@H](CO)N1C(=O)C1CC1. The molecule has 24 heavy (non-hydrogen) atoms. The zero-order chi connectivity index (χ0) is 16.7. The van der Waals surface area contributed by atoms with Crippen LogP contribution < -0.4 is 0 Å². The van der Waals surface area contributed by atoms with Crippen LogP contribution in [0.15, 0.2) is 30.3 Å². The molecule has 4 heteroatoms. The molecule has 2 aliphatic carbocycles. The largest absolute Gasteiger partial charge is 0.394 e. The van der Waals surface area contributed by atoms with Crippen LogP contribution in [0.5, 0.6) is 0 Å². The lowest BCUT2D eigenvalue weighted by Crippen LogP contribution is -2.65. The molecule has 0 unspecified atom stereocenters. The van der Waals surface area contributed by atoms with Crippen LogP contribution in [-0.2, 0) is 4.79 Å². The van der Waals surface area contributed by atoms with E-state index in [1.165, 1.54) is 17.6 Å². The van der Waals surface area contributed by atoms with Crippen molar-refractivity contribution in [3.63, 3.8) is 0 Å². The third-order valence-corrected chi connectivity index (χ3v) is 5.62. The van der Waals surface area contributed by atoms with Gasteiger partial charge >= 0.3 is 0 Å². The van der Waals surface area contributed by atoms with Crippen molar-refractivity contribution in [3.05, 3.63) is 41.5 Å². The van der Waals surface area contributed by atoms with Crippen molar-refractivity contribution < 1.29 is 9.90 Å². The zero-order valence-electron chi connectivity index (χ0n) is 13.7. The maximum Gasteiger partial charge on any atom is 0.227 e. The summed E-state index contributed by atoms with van der Waals surface area (Å²) in [6.07, 6.45) is 7.64. The van der Waals surface area contributed by atoms with Gasteiger partial charge in [-0.3, -0.25) is 4.79 Å². The Kier molecular flexibility index (Phi) is 3.90. The van der Waals surface area contributed by atoms with Gasteiger partial charge in [0.25, 0.3) is 0 Å². The summed E-state index contributed by atoms with van der Waals surface area (Å²) in [5, 5.41) is 19.3. The van der Waals surface area contributed by atoms with E-state index in [9.17, 15) is 15.2 Å². The summed E-state index contributed by atoms with van der Waals surface area (Å²) in [4.78, 5) is 14.0. The van der Waals surface area contributed by atoms with Crippen molar-refractivity contribution in [1.82, 2.24) is 4.90 Å². The molecule has 1 aromatic rings. The Labute approximate surface area is 142 Å². The van der Waals surface area contributed by atoms with E-state index >= 15 is 0 Å². The van der Waals surface area contributed by atoms with Crippen molar-refractivity contribution in [2.75, 3.05) is 6.61 Å². The monoisotopic (exact) mass is 322 g/mol. The van der Waals surface area contributed by atoms with E-state index in [1.54, 1.807) is 4.90 Å². The Bertz CT molecular complexity index is 712. The molecule has 4 nitrogen and oxygen atoms in total. The van der Waals surface area contributed by atoms with Crippen LogP contribution in [0.4, 0.5) is 0 Å². The molecule has 1 aromatic carbocycles. The highest BCUT2D eigenvalue weighted by Gasteiger charge is 2.53. The molecular weight excluding hydrogens is 300 g/mol. The number of carbonyl (C=O) groups excluding carboxylic acids is 1. The minimum Gasteiger partial charge on any atom is -0.394 e. The summed E-state index contributed by atoms with van der Waals surface area (Å²) in [7, 11) is 0. The van der Waals surface area contributed by atoms with Gasteiger partial charge in [0, 0.05) is 11.8 Å². The van der Waals surface area contributed by atoms with E-state index in [1.807, 2.05) is 0 Å². The second-order valence-electron chi connectivity index (χ2n) is 7.11. The van der Waals surface area contributed by atoms with E-state index in [0.29, 0.717) is 0 Å². The summed E-state index contributed by atoms with van der Waals surface area (Å²) in [6.45, 7) is -0.0891. The highest BCUT2D eigenvalue weighted by molar-refractivity contribution is 5.83. The number of likely N-dealkylation sites (tertiary alicyclic amines) is 1. The molecule has 1 aliphatic heterocycles. The number of nitrogens with zero attached hydrogens (tertiary/aromatic N) is 2. The van der Waals surface area contributed by atoms with Crippen molar-refractivity contribution in [1.29, 1.82) is 5.26 Å². The van der Waals surface area contributed by atoms with E-state index in [4.69, 9.17) is 0 Å². The average Bonchev–Trinajstić information content (AvgIpc) is 3.30. The third-order valence-electron chi connectivity index (χ3n) is 5.62. The number of amides is 1. The molecule has 1 saturated heterocycles. The van der Waals surface area contributed by atoms with Gasteiger partial charge in [-0.2, -0.15) is 5.26 Å². The van der Waals surface area contributed by atoms with Crippen LogP contribution in [0.2, 0.25) is 0 Å². The van der Waals surface area contributed by atoms with Crippen LogP contribution in [0, 0.1) is 17.2 Å². The molecule has 1 heterocycles. The van der Waals surface area contributed by atoms with E-state index in [2.05, 4.69) is 36.4 Å². The maximum absolute atomic E-state index is 12.4. The first kappa shape index (κ1) is 15.4. The standard InChI is InChI=1S/C20H22N2O2/c21-11-17-19(18(12-23)22(17)20(24)16-9-10-16)15-7-5-14(6-8-15)13-3-1-2-4-13/h3,5-8,16-19,23H,1-2,4,9-10,12H2/t17-,18+,19+/m1/s1. The fraction of sp³-hybridized carbons (Fsp3) is 0.500. The molecule has 3 atom stereocenters. The van der Waals surface area contributed by atoms with Gasteiger partial charge in [-0.05, 0) is 48.8 Å². The minimum absolute atomic E-state index is 0.0459. The Morgan fingerprint density at radius 3 is 2.58 bits per heavy atom. The predicted octanol–water partition coefficient (Wildman–Crippen LogP) is 2.84. The average molecular weight is 322 g/mol. The number of aliphatic hydroxyl groups is 1. The molecule has 124 valence electrons. The summed E-state index contributed by atoms with van der Waals surface area (Å²) < 4.78 is 0. The highest BCUT2D eigenvalue weighted by atomic mass is 16.3. The van der Waals surface area contributed by atoms with E-state index in [0.717, 1.165) is 31.2 Å². The number of nitriles is 1. The number of hydrogen-bond acceptors (Lipinski definition) is 3. The number of hydrogen-bond donors (Lipinski definition) is 1. The smallest absolute Gasteiger partial charge is 0.227 e. The van der Waals surface area contributed by atoms with E-state index < -0.39 is 6.04 Å². The van der Waals surface area contributed by atoms with Gasteiger partial charge in [-0.15, -0.1) is 0 Å². The van der Waals surface area contributed by atoms with Gasteiger partial charge in [0.2, 0.25) is 5.91 Å². The van der Waals surface area contributed by atoms with Crippen LogP contribution in [0.25, 0.3) is 5.57 Å². The van der Waals surface area contributed by atoms with Gasteiger partial charge in [0.1, 0.15) is 6.04 Å². The van der Waals surface area contributed by atoms with Crippen LogP contribution in [0.1, 0.15) is 49.1 Å². The first-order valence-corrected chi connectivity index (χ1v) is 8.86.